The maximum atomic E-state index is 5.78. The van der Waals surface area contributed by atoms with Gasteiger partial charge in [-0.1, -0.05) is 12.1 Å². The van der Waals surface area contributed by atoms with Gasteiger partial charge in [-0.3, -0.25) is 28.0 Å². The molecule has 0 saturated heterocycles. The van der Waals surface area contributed by atoms with Crippen molar-refractivity contribution >= 4 is 92.1 Å². The molecule has 0 aliphatic heterocycles. The van der Waals surface area contributed by atoms with Gasteiger partial charge in [-0.15, -0.1) is 0 Å². The third-order valence-electron chi connectivity index (χ3n) is 10.3. The largest absolute Gasteiger partial charge is 0.306 e. The predicted molar refractivity (Wildman–Crippen MR) is 227 cm³/mol. The van der Waals surface area contributed by atoms with Gasteiger partial charge in [0.05, 0.1) is 33.4 Å². The molecule has 0 N–H and O–H groups in total. The number of nitrogens with zero attached hydrogens (tertiary/aromatic N) is 14. The van der Waals surface area contributed by atoms with Gasteiger partial charge in [-0.05, 0) is 102 Å². The zero-order chi connectivity index (χ0) is 38.4. The topological polar surface area (TPSA) is 105 Å². The second-order valence-corrected chi connectivity index (χ2v) is 22.2. The van der Waals surface area contributed by atoms with E-state index in [4.69, 9.17) is 19.5 Å². The molecule has 0 fully saturated rings. The van der Waals surface area contributed by atoms with Crippen molar-refractivity contribution < 1.29 is 0 Å². The molecule has 280 valence electrons. The van der Waals surface area contributed by atoms with Gasteiger partial charge < -0.3 is 8.80 Å². The van der Waals surface area contributed by atoms with Crippen molar-refractivity contribution in [3.63, 3.8) is 0 Å². The molecule has 0 aliphatic carbocycles. The molecule has 0 unspecified atom stereocenters. The average molecular weight is 763 g/mol. The van der Waals surface area contributed by atoms with Crippen LogP contribution in [0.15, 0.2) is 83.1 Å². The zero-order valence-corrected chi connectivity index (χ0v) is 34.9. The third-order valence-corrected chi connectivity index (χ3v) is 17.7. The smallest absolute Gasteiger partial charge is 0.171 e. The molecular formula is C38H48N14P2. The number of pyridine rings is 4. The Bertz CT molecular complexity index is 2650. The fraction of sp³-hybridized carbons (Fsp3) is 0.316. The first kappa shape index (κ1) is 36.6. The van der Waals surface area contributed by atoms with E-state index in [1.165, 1.54) is 0 Å². The molecule has 8 aromatic rings. The summed E-state index contributed by atoms with van der Waals surface area (Å²) in [7, 11) is 20.5. The highest BCUT2D eigenvalue weighted by Gasteiger charge is 2.32. The number of imidazole rings is 2. The molecule has 6 heterocycles. The lowest BCUT2D eigenvalue weighted by molar-refractivity contribution is 0.474. The summed E-state index contributed by atoms with van der Waals surface area (Å²) in [6.07, 6.45) is 11.8. The predicted octanol–water partition coefficient (Wildman–Crippen LogP) is 8.06. The maximum Gasteiger partial charge on any atom is 0.171 e. The molecular weight excluding hydrogens is 714 g/mol. The van der Waals surface area contributed by atoms with Crippen LogP contribution in [0, 0.1) is 0 Å². The molecule has 0 spiro atoms. The molecule has 0 amide bonds. The minimum Gasteiger partial charge on any atom is -0.306 e. The average Bonchev–Trinajstić information content (AvgIpc) is 3.77. The van der Waals surface area contributed by atoms with Crippen LogP contribution in [0.1, 0.15) is 0 Å². The standard InChI is InChI=1S/C38H48N14P2/c1-45(2)53(46(3)4,47(5)6)43-35-26-15-13-25-14-16-27-36(44-54(48(7)8,49(9)10)50(11)12)29-24-52-20-18-40-33(52)22-31(29)42-38(27)34(25)37(26)41-30-21-32-39-17-19-51(32)23-28(30)35/h13-24H,1-12H3. The lowest BCUT2D eigenvalue weighted by atomic mass is 9.99. The van der Waals surface area contributed by atoms with Crippen LogP contribution in [0.3, 0.4) is 0 Å². The number of hydrogen-bond donors (Lipinski definition) is 0. The molecule has 54 heavy (non-hydrogen) atoms. The van der Waals surface area contributed by atoms with E-state index in [-0.39, 0.29) is 0 Å². The van der Waals surface area contributed by atoms with E-state index in [9.17, 15) is 0 Å². The minimum atomic E-state index is -2.38. The normalized spacial score (nSPS) is 13.4. The van der Waals surface area contributed by atoms with Crippen molar-refractivity contribution in [3.8, 4) is 0 Å². The quantitative estimate of drug-likeness (QED) is 0.0858. The molecule has 16 heteroatoms. The summed E-state index contributed by atoms with van der Waals surface area (Å²) >= 11 is 0. The van der Waals surface area contributed by atoms with Gasteiger partial charge in [0.1, 0.15) is 11.3 Å². The van der Waals surface area contributed by atoms with Crippen LogP contribution in [0.2, 0.25) is 0 Å². The maximum absolute atomic E-state index is 5.78. The molecule has 0 atom stereocenters. The van der Waals surface area contributed by atoms with E-state index in [0.29, 0.717) is 0 Å². The van der Waals surface area contributed by atoms with Crippen molar-refractivity contribution in [1.82, 2.24) is 56.8 Å². The Morgan fingerprint density at radius 3 is 1.22 bits per heavy atom. The second-order valence-electron chi connectivity index (χ2n) is 14.8. The van der Waals surface area contributed by atoms with Crippen LogP contribution < -0.4 is 0 Å². The Hall–Kier alpha value is -4.36. The highest BCUT2D eigenvalue weighted by atomic mass is 31.2. The summed E-state index contributed by atoms with van der Waals surface area (Å²) in [5.41, 5.74) is 6.73. The second kappa shape index (κ2) is 13.1. The first-order valence-corrected chi connectivity index (χ1v) is 20.9. The fourth-order valence-electron chi connectivity index (χ4n) is 8.15. The van der Waals surface area contributed by atoms with E-state index in [2.05, 4.69) is 171 Å². The Morgan fingerprint density at radius 2 is 0.870 bits per heavy atom. The first-order chi connectivity index (χ1) is 25.7. The van der Waals surface area contributed by atoms with Crippen LogP contribution in [-0.2, 0) is 0 Å². The lowest BCUT2D eigenvalue weighted by Crippen LogP contribution is -2.30. The van der Waals surface area contributed by atoms with Crippen molar-refractivity contribution in [3.05, 3.63) is 73.6 Å². The number of rotatable bonds is 8. The van der Waals surface area contributed by atoms with E-state index in [1.807, 2.05) is 33.6 Å². The van der Waals surface area contributed by atoms with Crippen molar-refractivity contribution in [2.75, 3.05) is 84.6 Å². The summed E-state index contributed by atoms with van der Waals surface area (Å²) in [4.78, 5) is 20.2. The molecule has 6 aromatic heterocycles. The van der Waals surface area contributed by atoms with Crippen LogP contribution in [0.25, 0.3) is 65.7 Å². The van der Waals surface area contributed by atoms with E-state index >= 15 is 0 Å². The third kappa shape index (κ3) is 5.31. The highest BCUT2D eigenvalue weighted by molar-refractivity contribution is 7.59. The minimum absolute atomic E-state index is 0.821. The first-order valence-electron chi connectivity index (χ1n) is 17.7. The molecule has 8 rings (SSSR count). The van der Waals surface area contributed by atoms with E-state index < -0.39 is 15.0 Å². The number of aromatic nitrogens is 6. The summed E-state index contributed by atoms with van der Waals surface area (Å²) in [5.74, 6) is 0. The molecule has 0 radical (unpaired) electrons. The van der Waals surface area contributed by atoms with Crippen molar-refractivity contribution in [2.24, 2.45) is 9.49 Å². The Kier molecular flexibility index (Phi) is 8.91. The van der Waals surface area contributed by atoms with Crippen molar-refractivity contribution in [1.29, 1.82) is 0 Å². The fourth-order valence-corrected chi connectivity index (χ4v) is 14.5. The van der Waals surface area contributed by atoms with E-state index in [0.717, 1.165) is 77.1 Å². The van der Waals surface area contributed by atoms with Crippen LogP contribution in [0.5, 0.6) is 0 Å². The van der Waals surface area contributed by atoms with Crippen LogP contribution >= 0.6 is 15.0 Å². The number of benzene rings is 2. The Labute approximate surface area is 315 Å². The Morgan fingerprint density at radius 1 is 0.500 bits per heavy atom. The monoisotopic (exact) mass is 762 g/mol. The van der Waals surface area contributed by atoms with Gasteiger partial charge >= 0.3 is 0 Å². The van der Waals surface area contributed by atoms with Gasteiger partial charge in [0.15, 0.2) is 15.0 Å². The van der Waals surface area contributed by atoms with E-state index in [1.54, 1.807) is 0 Å². The summed E-state index contributed by atoms with van der Waals surface area (Å²) in [5, 5.41) is 5.82. The molecule has 14 nitrogen and oxygen atoms in total. The summed E-state index contributed by atoms with van der Waals surface area (Å²) in [6.45, 7) is 0. The van der Waals surface area contributed by atoms with Gasteiger partial charge in [-0.25, -0.2) is 29.4 Å². The molecule has 0 aliphatic rings. The summed E-state index contributed by atoms with van der Waals surface area (Å²) < 4.78 is 29.1. The van der Waals surface area contributed by atoms with Gasteiger partial charge in [-0.2, -0.15) is 0 Å². The van der Waals surface area contributed by atoms with Gasteiger partial charge in [0.2, 0.25) is 0 Å². The van der Waals surface area contributed by atoms with Gasteiger partial charge in [0.25, 0.3) is 0 Å². The highest BCUT2D eigenvalue weighted by Crippen LogP contribution is 2.60. The lowest BCUT2D eigenvalue weighted by Gasteiger charge is -2.41. The van der Waals surface area contributed by atoms with Gasteiger partial charge in [0, 0.05) is 76.2 Å². The van der Waals surface area contributed by atoms with Crippen LogP contribution in [0.4, 0.5) is 11.4 Å². The van der Waals surface area contributed by atoms with Crippen molar-refractivity contribution in [2.45, 2.75) is 0 Å². The van der Waals surface area contributed by atoms with Crippen LogP contribution in [-0.4, -0.2) is 141 Å². The summed E-state index contributed by atoms with van der Waals surface area (Å²) in [6, 6.07) is 12.8. The zero-order valence-electron chi connectivity index (χ0n) is 33.1. The molecule has 2 aromatic carbocycles. The molecule has 0 saturated carbocycles. The Balaban J connectivity index is 1.63. The number of hydrogen-bond acceptors (Lipinski definition) is 6. The molecule has 0 bridgehead atoms. The SMILES string of the molecule is CN(C)P(=Nc1c2cn3ccnc3cc2nc2c1ccc1ccc3c(N=P(N(C)C)(N(C)C)N(C)C)c4cn5ccnc5cc4nc3c12)(N(C)C)N(C)C. The number of fused-ring (bicyclic) bond motifs is 9.